The number of nitrogens with one attached hydrogen (secondary N) is 1. The lowest BCUT2D eigenvalue weighted by Crippen LogP contribution is -2.36. The third-order valence-corrected chi connectivity index (χ3v) is 3.56. The van der Waals surface area contributed by atoms with Crippen LogP contribution in [-0.2, 0) is 9.47 Å². The van der Waals surface area contributed by atoms with Gasteiger partial charge in [0.15, 0.2) is 0 Å². The van der Waals surface area contributed by atoms with Gasteiger partial charge in [-0.3, -0.25) is 0 Å². The van der Waals surface area contributed by atoms with Crippen LogP contribution in [-0.4, -0.2) is 44.5 Å². The van der Waals surface area contributed by atoms with Gasteiger partial charge in [-0.15, -0.1) is 0 Å². The van der Waals surface area contributed by atoms with Crippen LogP contribution in [0.15, 0.2) is 30.3 Å². The maximum absolute atomic E-state index is 11.5. The highest BCUT2D eigenvalue weighted by molar-refractivity contribution is 5.67. The lowest BCUT2D eigenvalue weighted by Gasteiger charge is -2.28. The van der Waals surface area contributed by atoms with Crippen molar-refractivity contribution in [1.29, 1.82) is 0 Å². The molecule has 1 aromatic carbocycles. The monoisotopic (exact) mass is 332 g/mol. The summed E-state index contributed by atoms with van der Waals surface area (Å²) in [5.41, 5.74) is 1.94. The normalized spacial score (nSPS) is 15.5. The molecule has 0 unspecified atom stereocenters. The van der Waals surface area contributed by atoms with Gasteiger partial charge < -0.3 is 19.7 Å². The van der Waals surface area contributed by atoms with Gasteiger partial charge >= 0.3 is 6.09 Å². The van der Waals surface area contributed by atoms with Crippen LogP contribution in [0.4, 0.5) is 10.5 Å². The van der Waals surface area contributed by atoms with Crippen LogP contribution in [0.25, 0.3) is 6.08 Å². The van der Waals surface area contributed by atoms with E-state index < -0.39 is 5.60 Å². The van der Waals surface area contributed by atoms with Crippen molar-refractivity contribution in [2.75, 3.05) is 37.7 Å². The number of carbonyl (C=O) groups excluding carboxylic acids is 1. The van der Waals surface area contributed by atoms with Gasteiger partial charge in [0.25, 0.3) is 0 Å². The fraction of sp³-hybridized carbons (Fsp3) is 0.526. The second kappa shape index (κ2) is 8.73. The molecule has 1 heterocycles. The van der Waals surface area contributed by atoms with Crippen LogP contribution in [0.3, 0.4) is 0 Å². The number of morpholine rings is 1. The summed E-state index contributed by atoms with van der Waals surface area (Å²) < 4.78 is 10.6. The van der Waals surface area contributed by atoms with Crippen molar-refractivity contribution < 1.29 is 14.3 Å². The maximum Gasteiger partial charge on any atom is 0.407 e. The zero-order valence-electron chi connectivity index (χ0n) is 14.9. The highest BCUT2D eigenvalue weighted by Gasteiger charge is 2.15. The molecule has 0 atom stereocenters. The number of nitrogens with zero attached hydrogens (tertiary/aromatic N) is 1. The number of carbonyl (C=O) groups is 1. The zero-order chi connectivity index (χ0) is 17.4. The van der Waals surface area contributed by atoms with E-state index in [-0.39, 0.29) is 6.09 Å². The number of hydrogen-bond donors (Lipinski definition) is 1. The van der Waals surface area contributed by atoms with Gasteiger partial charge in [0.2, 0.25) is 0 Å². The Balaban J connectivity index is 1.71. The molecule has 1 aliphatic rings. The number of amides is 1. The molecule has 1 aromatic rings. The van der Waals surface area contributed by atoms with Crippen LogP contribution >= 0.6 is 0 Å². The largest absolute Gasteiger partial charge is 0.444 e. The molecule has 0 aromatic heterocycles. The molecule has 1 fully saturated rings. The summed E-state index contributed by atoms with van der Waals surface area (Å²) >= 11 is 0. The van der Waals surface area contributed by atoms with E-state index in [4.69, 9.17) is 9.47 Å². The Labute approximate surface area is 144 Å². The minimum Gasteiger partial charge on any atom is -0.444 e. The molecule has 0 radical (unpaired) electrons. The number of rotatable bonds is 5. The quantitative estimate of drug-likeness (QED) is 0.839. The summed E-state index contributed by atoms with van der Waals surface area (Å²) in [4.78, 5) is 13.8. The van der Waals surface area contributed by atoms with Crippen LogP contribution < -0.4 is 10.2 Å². The molecule has 24 heavy (non-hydrogen) atoms. The van der Waals surface area contributed by atoms with Gasteiger partial charge in [-0.05, 0) is 44.9 Å². The van der Waals surface area contributed by atoms with Crippen molar-refractivity contribution in [3.05, 3.63) is 35.9 Å². The first-order chi connectivity index (χ1) is 11.4. The van der Waals surface area contributed by atoms with E-state index in [2.05, 4.69) is 46.6 Å². The highest BCUT2D eigenvalue weighted by atomic mass is 16.6. The molecule has 1 N–H and O–H groups in total. The molecule has 0 saturated carbocycles. The van der Waals surface area contributed by atoms with Gasteiger partial charge in [0.05, 0.1) is 13.2 Å². The van der Waals surface area contributed by atoms with Gasteiger partial charge in [-0.2, -0.15) is 0 Å². The van der Waals surface area contributed by atoms with Crippen molar-refractivity contribution >= 4 is 17.9 Å². The molecule has 0 spiro atoms. The first kappa shape index (κ1) is 18.3. The number of ether oxygens (including phenoxy) is 2. The molecule has 0 bridgehead atoms. The maximum atomic E-state index is 11.5. The number of hydrogen-bond acceptors (Lipinski definition) is 4. The molecular weight excluding hydrogens is 304 g/mol. The fourth-order valence-electron chi connectivity index (χ4n) is 2.41. The summed E-state index contributed by atoms with van der Waals surface area (Å²) in [5, 5.41) is 2.75. The van der Waals surface area contributed by atoms with Crippen molar-refractivity contribution in [3.63, 3.8) is 0 Å². The standard InChI is InChI=1S/C19H28N2O3/c1-19(2,3)24-18(22)20-11-5-4-6-16-7-9-17(10-8-16)21-12-14-23-15-13-21/h4,6-10H,5,11-15H2,1-3H3,(H,20,22). The molecule has 5 heteroatoms. The molecule has 5 nitrogen and oxygen atoms in total. The van der Waals surface area contributed by atoms with Gasteiger partial charge in [0.1, 0.15) is 5.60 Å². The Kier molecular flexibility index (Phi) is 6.67. The van der Waals surface area contributed by atoms with Crippen LogP contribution in [0.1, 0.15) is 32.8 Å². The third-order valence-electron chi connectivity index (χ3n) is 3.56. The van der Waals surface area contributed by atoms with E-state index in [9.17, 15) is 4.79 Å². The average molecular weight is 332 g/mol. The third kappa shape index (κ3) is 6.62. The predicted molar refractivity (Wildman–Crippen MR) is 97.4 cm³/mol. The number of anilines is 1. The molecule has 0 aliphatic carbocycles. The fourth-order valence-corrected chi connectivity index (χ4v) is 2.41. The Hall–Kier alpha value is -2.01. The minimum atomic E-state index is -0.456. The number of benzene rings is 1. The summed E-state index contributed by atoms with van der Waals surface area (Å²) in [6.45, 7) is 9.63. The van der Waals surface area contributed by atoms with Crippen LogP contribution in [0.5, 0.6) is 0 Å². The van der Waals surface area contributed by atoms with Gasteiger partial charge in [-0.1, -0.05) is 24.3 Å². The molecule has 2 rings (SSSR count). The first-order valence-corrected chi connectivity index (χ1v) is 8.50. The SMILES string of the molecule is CC(C)(C)OC(=O)NCCC=Cc1ccc(N2CCOCC2)cc1. The second-order valence-electron chi connectivity index (χ2n) is 6.81. The Bertz CT molecular complexity index is 541. The minimum absolute atomic E-state index is 0.370. The van der Waals surface area contributed by atoms with Gasteiger partial charge in [0, 0.05) is 25.3 Å². The summed E-state index contributed by atoms with van der Waals surface area (Å²) in [5.74, 6) is 0. The Morgan fingerprint density at radius 1 is 1.25 bits per heavy atom. The molecule has 1 aliphatic heterocycles. The molecule has 1 saturated heterocycles. The summed E-state index contributed by atoms with van der Waals surface area (Å²) in [6.07, 6.45) is 4.52. The lowest BCUT2D eigenvalue weighted by molar-refractivity contribution is 0.0529. The molecule has 1 amide bonds. The van der Waals surface area contributed by atoms with Gasteiger partial charge in [-0.25, -0.2) is 4.79 Å². The molecular formula is C19H28N2O3. The summed E-state index contributed by atoms with van der Waals surface area (Å²) in [6, 6.07) is 8.51. The Morgan fingerprint density at radius 2 is 1.92 bits per heavy atom. The predicted octanol–water partition coefficient (Wildman–Crippen LogP) is 3.45. The van der Waals surface area contributed by atoms with Crippen molar-refractivity contribution in [1.82, 2.24) is 5.32 Å². The van der Waals surface area contributed by atoms with Crippen molar-refractivity contribution in [2.45, 2.75) is 32.8 Å². The number of alkyl carbamates (subject to hydrolysis) is 1. The highest BCUT2D eigenvalue weighted by Crippen LogP contribution is 2.17. The van der Waals surface area contributed by atoms with E-state index >= 15 is 0 Å². The topological polar surface area (TPSA) is 50.8 Å². The average Bonchev–Trinajstić information content (AvgIpc) is 2.54. The smallest absolute Gasteiger partial charge is 0.407 e. The van der Waals surface area contributed by atoms with E-state index in [0.717, 1.165) is 38.3 Å². The summed E-state index contributed by atoms with van der Waals surface area (Å²) in [7, 11) is 0. The zero-order valence-corrected chi connectivity index (χ0v) is 14.9. The van der Waals surface area contributed by atoms with Crippen LogP contribution in [0.2, 0.25) is 0 Å². The van der Waals surface area contributed by atoms with Crippen molar-refractivity contribution in [2.24, 2.45) is 0 Å². The van der Waals surface area contributed by atoms with Crippen LogP contribution in [0, 0.1) is 0 Å². The second-order valence-corrected chi connectivity index (χ2v) is 6.81. The Morgan fingerprint density at radius 3 is 2.54 bits per heavy atom. The molecule has 132 valence electrons. The van der Waals surface area contributed by atoms with E-state index in [1.165, 1.54) is 5.69 Å². The van der Waals surface area contributed by atoms with E-state index in [1.807, 2.05) is 20.8 Å². The lowest BCUT2D eigenvalue weighted by atomic mass is 10.1. The first-order valence-electron chi connectivity index (χ1n) is 8.50. The van der Waals surface area contributed by atoms with Crippen molar-refractivity contribution in [3.8, 4) is 0 Å². The van der Waals surface area contributed by atoms with E-state index in [0.29, 0.717) is 6.54 Å². The van der Waals surface area contributed by atoms with E-state index in [1.54, 1.807) is 0 Å².